The molecule has 1 saturated carbocycles. The van der Waals surface area contributed by atoms with Crippen LogP contribution in [0.4, 0.5) is 0 Å². The summed E-state index contributed by atoms with van der Waals surface area (Å²) >= 11 is 0. The van der Waals surface area contributed by atoms with Crippen LogP contribution in [0.15, 0.2) is 0 Å². The van der Waals surface area contributed by atoms with Crippen LogP contribution >= 0.6 is 0 Å². The smallest absolute Gasteiger partial charge is 0.244 e. The molecule has 0 radical (unpaired) electrons. The van der Waals surface area contributed by atoms with Gasteiger partial charge in [0, 0.05) is 38.9 Å². The SMILES string of the molecule is CS(=O)(=O)C1(C(=O)N2CCCN(C(=O)CC3CCCC3)CC2)CCNCC1. The molecule has 154 valence electrons. The van der Waals surface area contributed by atoms with Gasteiger partial charge in [0.25, 0.3) is 0 Å². The third-order valence-electron chi connectivity index (χ3n) is 6.58. The third-order valence-corrected chi connectivity index (χ3v) is 8.59. The molecule has 3 rings (SSSR count). The standard InChI is InChI=1S/C19H33N3O4S/c1-27(25,26)19(7-9-20-10-8-19)18(24)22-12-4-11-21(13-14-22)17(23)15-16-5-2-3-6-16/h16,20H,2-15H2,1H3. The molecular weight excluding hydrogens is 366 g/mol. The highest BCUT2D eigenvalue weighted by Crippen LogP contribution is 2.31. The summed E-state index contributed by atoms with van der Waals surface area (Å²) in [5.41, 5.74) is 0. The monoisotopic (exact) mass is 399 g/mol. The summed E-state index contributed by atoms with van der Waals surface area (Å²) in [7, 11) is -3.51. The van der Waals surface area contributed by atoms with Crippen molar-refractivity contribution < 1.29 is 18.0 Å². The predicted molar refractivity (Wildman–Crippen MR) is 104 cm³/mol. The quantitative estimate of drug-likeness (QED) is 0.755. The minimum absolute atomic E-state index is 0.191. The molecular formula is C19H33N3O4S. The Kier molecular flexibility index (Phi) is 6.46. The summed E-state index contributed by atoms with van der Waals surface area (Å²) in [4.78, 5) is 29.4. The molecule has 2 heterocycles. The molecule has 3 fully saturated rings. The Morgan fingerprint density at radius 1 is 0.963 bits per heavy atom. The average molecular weight is 400 g/mol. The van der Waals surface area contributed by atoms with E-state index in [2.05, 4.69) is 5.32 Å². The number of nitrogens with zero attached hydrogens (tertiary/aromatic N) is 2. The molecule has 1 N–H and O–H groups in total. The second-order valence-corrected chi connectivity index (χ2v) is 10.7. The number of nitrogens with one attached hydrogen (secondary N) is 1. The molecule has 2 saturated heterocycles. The lowest BCUT2D eigenvalue weighted by molar-refractivity contribution is -0.136. The van der Waals surface area contributed by atoms with E-state index in [1.807, 2.05) is 4.90 Å². The Morgan fingerprint density at radius 2 is 1.56 bits per heavy atom. The van der Waals surface area contributed by atoms with Crippen molar-refractivity contribution in [2.75, 3.05) is 45.5 Å². The lowest BCUT2D eigenvalue weighted by Crippen LogP contribution is -2.58. The van der Waals surface area contributed by atoms with E-state index in [-0.39, 0.29) is 11.8 Å². The summed E-state index contributed by atoms with van der Waals surface area (Å²) in [6, 6.07) is 0. The van der Waals surface area contributed by atoms with Gasteiger partial charge in [0.2, 0.25) is 11.8 Å². The first-order chi connectivity index (χ1) is 12.8. The van der Waals surface area contributed by atoms with Crippen molar-refractivity contribution in [2.45, 2.75) is 56.1 Å². The van der Waals surface area contributed by atoms with Crippen molar-refractivity contribution in [3.05, 3.63) is 0 Å². The zero-order valence-electron chi connectivity index (χ0n) is 16.4. The molecule has 2 amide bonds. The number of carbonyl (C=O) groups excluding carboxylic acids is 2. The van der Waals surface area contributed by atoms with Crippen molar-refractivity contribution in [1.29, 1.82) is 0 Å². The summed E-state index contributed by atoms with van der Waals surface area (Å²) in [6.45, 7) is 3.20. The number of hydrogen-bond donors (Lipinski definition) is 1. The van der Waals surface area contributed by atoms with Crippen LogP contribution in [0.2, 0.25) is 0 Å². The molecule has 0 aromatic rings. The van der Waals surface area contributed by atoms with Gasteiger partial charge in [0.05, 0.1) is 0 Å². The molecule has 0 atom stereocenters. The molecule has 8 heteroatoms. The lowest BCUT2D eigenvalue weighted by atomic mass is 9.95. The molecule has 7 nitrogen and oxygen atoms in total. The third kappa shape index (κ3) is 4.47. The van der Waals surface area contributed by atoms with Gasteiger partial charge < -0.3 is 15.1 Å². The summed E-state index contributed by atoms with van der Waals surface area (Å²) in [6.07, 6.45) is 7.91. The van der Waals surface area contributed by atoms with Crippen LogP contribution in [0.25, 0.3) is 0 Å². The van der Waals surface area contributed by atoms with E-state index in [4.69, 9.17) is 0 Å². The fraction of sp³-hybridized carbons (Fsp3) is 0.895. The first kappa shape index (κ1) is 20.6. The normalized spacial score (nSPS) is 24.6. The van der Waals surface area contributed by atoms with Gasteiger partial charge in [-0.3, -0.25) is 9.59 Å². The summed E-state index contributed by atoms with van der Waals surface area (Å²) < 4.78 is 23.7. The number of sulfone groups is 1. The Labute approximate surface area is 162 Å². The van der Waals surface area contributed by atoms with E-state index >= 15 is 0 Å². The van der Waals surface area contributed by atoms with Gasteiger partial charge in [-0.15, -0.1) is 0 Å². The number of rotatable bonds is 4. The van der Waals surface area contributed by atoms with Crippen LogP contribution in [-0.2, 0) is 19.4 Å². The minimum atomic E-state index is -3.51. The number of hydrogen-bond acceptors (Lipinski definition) is 5. The second-order valence-electron chi connectivity index (χ2n) is 8.40. The van der Waals surface area contributed by atoms with Crippen molar-refractivity contribution in [2.24, 2.45) is 5.92 Å². The minimum Gasteiger partial charge on any atom is -0.341 e. The molecule has 0 aromatic heterocycles. The first-order valence-corrected chi connectivity index (χ1v) is 12.2. The van der Waals surface area contributed by atoms with E-state index in [9.17, 15) is 18.0 Å². The zero-order chi connectivity index (χ0) is 19.5. The maximum atomic E-state index is 13.2. The van der Waals surface area contributed by atoms with Gasteiger partial charge in [-0.25, -0.2) is 8.42 Å². The van der Waals surface area contributed by atoms with Crippen molar-refractivity contribution in [3.8, 4) is 0 Å². The first-order valence-electron chi connectivity index (χ1n) is 10.3. The molecule has 3 aliphatic rings. The van der Waals surface area contributed by atoms with Crippen LogP contribution in [-0.4, -0.2) is 80.3 Å². The van der Waals surface area contributed by atoms with Crippen LogP contribution in [0.5, 0.6) is 0 Å². The topological polar surface area (TPSA) is 86.8 Å². The Bertz CT molecular complexity index is 652. The van der Waals surface area contributed by atoms with Gasteiger partial charge in [0.15, 0.2) is 14.6 Å². The fourth-order valence-electron chi connectivity index (χ4n) is 4.82. The van der Waals surface area contributed by atoms with Crippen LogP contribution < -0.4 is 5.32 Å². The highest BCUT2D eigenvalue weighted by Gasteiger charge is 2.50. The number of piperidine rings is 1. The molecule has 0 aromatic carbocycles. The van der Waals surface area contributed by atoms with E-state index in [0.717, 1.165) is 12.8 Å². The maximum Gasteiger partial charge on any atom is 0.244 e. The van der Waals surface area contributed by atoms with Gasteiger partial charge in [0.1, 0.15) is 0 Å². The summed E-state index contributed by atoms with van der Waals surface area (Å²) in [5.74, 6) is 0.439. The maximum absolute atomic E-state index is 13.2. The molecule has 0 unspecified atom stereocenters. The zero-order valence-corrected chi connectivity index (χ0v) is 17.2. The van der Waals surface area contributed by atoms with Gasteiger partial charge in [-0.2, -0.15) is 0 Å². The van der Waals surface area contributed by atoms with Gasteiger partial charge in [-0.1, -0.05) is 12.8 Å². The largest absolute Gasteiger partial charge is 0.341 e. The second kappa shape index (κ2) is 8.47. The van der Waals surface area contributed by atoms with E-state index < -0.39 is 14.6 Å². The Hall–Kier alpha value is -1.15. The van der Waals surface area contributed by atoms with Crippen LogP contribution in [0.3, 0.4) is 0 Å². The Balaban J connectivity index is 1.64. The van der Waals surface area contributed by atoms with Crippen molar-refractivity contribution in [3.63, 3.8) is 0 Å². The van der Waals surface area contributed by atoms with E-state index in [1.54, 1.807) is 4.90 Å². The van der Waals surface area contributed by atoms with E-state index in [0.29, 0.717) is 70.9 Å². The van der Waals surface area contributed by atoms with Gasteiger partial charge in [-0.05, 0) is 51.1 Å². The molecule has 27 heavy (non-hydrogen) atoms. The molecule has 0 bridgehead atoms. The summed E-state index contributed by atoms with van der Waals surface area (Å²) in [5, 5.41) is 3.15. The molecule has 0 spiro atoms. The van der Waals surface area contributed by atoms with Crippen molar-refractivity contribution >= 4 is 21.7 Å². The average Bonchev–Trinajstić information content (AvgIpc) is 3.02. The Morgan fingerprint density at radius 3 is 2.19 bits per heavy atom. The van der Waals surface area contributed by atoms with Crippen LogP contribution in [0, 0.1) is 5.92 Å². The van der Waals surface area contributed by atoms with Gasteiger partial charge >= 0.3 is 0 Å². The van der Waals surface area contributed by atoms with Crippen molar-refractivity contribution in [1.82, 2.24) is 15.1 Å². The predicted octanol–water partition coefficient (Wildman–Crippen LogP) is 0.794. The highest BCUT2D eigenvalue weighted by atomic mass is 32.2. The molecule has 2 aliphatic heterocycles. The number of amides is 2. The fourth-order valence-corrected chi connectivity index (χ4v) is 6.21. The van der Waals surface area contributed by atoms with E-state index in [1.165, 1.54) is 19.1 Å². The lowest BCUT2D eigenvalue weighted by Gasteiger charge is -2.38. The molecule has 1 aliphatic carbocycles. The highest BCUT2D eigenvalue weighted by molar-refractivity contribution is 7.92. The van der Waals surface area contributed by atoms with Crippen LogP contribution in [0.1, 0.15) is 51.4 Å². The number of carbonyl (C=O) groups is 2.